The van der Waals surface area contributed by atoms with Crippen LogP contribution in [0.5, 0.6) is 23.0 Å². The van der Waals surface area contributed by atoms with Gasteiger partial charge in [-0.2, -0.15) is 0 Å². The highest BCUT2D eigenvalue weighted by Crippen LogP contribution is 2.37. The predicted octanol–water partition coefficient (Wildman–Crippen LogP) is 1.35. The molecule has 4 rings (SSSR count). The van der Waals surface area contributed by atoms with E-state index in [9.17, 15) is 35.1 Å². The fourth-order valence-electron chi connectivity index (χ4n) is 3.72. The van der Waals surface area contributed by atoms with Crippen molar-refractivity contribution in [3.8, 4) is 34.3 Å². The van der Waals surface area contributed by atoms with Crippen LogP contribution < -0.4 is 10.2 Å². The molecule has 2 aromatic carbocycles. The minimum absolute atomic E-state index is 0.0530. The number of hydrogen-bond acceptors (Lipinski definition) is 11. The third-order valence-corrected chi connectivity index (χ3v) is 5.36. The number of phenolic OH excluding ortho intramolecular Hbond substituents is 3. The van der Waals surface area contributed by atoms with E-state index < -0.39 is 53.6 Å². The third-order valence-electron chi connectivity index (χ3n) is 5.36. The second-order valence-corrected chi connectivity index (χ2v) is 7.86. The number of rotatable bonds is 4. The van der Waals surface area contributed by atoms with Crippen molar-refractivity contribution in [2.24, 2.45) is 0 Å². The summed E-state index contributed by atoms with van der Waals surface area (Å²) in [6.45, 7) is 2.57. The van der Waals surface area contributed by atoms with Gasteiger partial charge in [0.05, 0.1) is 6.10 Å². The van der Waals surface area contributed by atoms with E-state index in [1.54, 1.807) is 0 Å². The van der Waals surface area contributed by atoms with Gasteiger partial charge in [0.15, 0.2) is 18.0 Å². The molecule has 1 aliphatic heterocycles. The molecule has 0 aliphatic carbocycles. The Kier molecular flexibility index (Phi) is 6.09. The summed E-state index contributed by atoms with van der Waals surface area (Å²) in [5.74, 6) is -2.35. The minimum Gasteiger partial charge on any atom is -0.508 e. The number of hydrogen-bond donors (Lipinski definition) is 5. The Morgan fingerprint density at radius 1 is 1.00 bits per heavy atom. The summed E-state index contributed by atoms with van der Waals surface area (Å²) in [6.07, 6.45) is -6.98. The molecule has 0 spiro atoms. The summed E-state index contributed by atoms with van der Waals surface area (Å²) in [5, 5.41) is 50.3. The van der Waals surface area contributed by atoms with Crippen LogP contribution in [0.4, 0.5) is 0 Å². The van der Waals surface area contributed by atoms with E-state index in [0.717, 1.165) is 19.1 Å². The largest absolute Gasteiger partial charge is 0.508 e. The van der Waals surface area contributed by atoms with Gasteiger partial charge < -0.3 is 44.2 Å². The number of ether oxygens (including phenoxy) is 3. The van der Waals surface area contributed by atoms with Crippen LogP contribution in [0.25, 0.3) is 22.3 Å². The molecule has 5 atom stereocenters. The average molecular weight is 474 g/mol. The molecule has 11 nitrogen and oxygen atoms in total. The maximum atomic E-state index is 13.4. The molecule has 0 amide bonds. The Bertz CT molecular complexity index is 1280. The summed E-state index contributed by atoms with van der Waals surface area (Å²) >= 11 is 0. The molecule has 1 aliphatic rings. The molecule has 0 radical (unpaired) electrons. The number of aliphatic hydroxyl groups excluding tert-OH is 2. The van der Waals surface area contributed by atoms with Crippen LogP contribution in [0.15, 0.2) is 45.6 Å². The molecular weight excluding hydrogens is 452 g/mol. The average Bonchev–Trinajstić information content (AvgIpc) is 2.76. The first-order valence-corrected chi connectivity index (χ1v) is 10.2. The van der Waals surface area contributed by atoms with Gasteiger partial charge in [-0.25, -0.2) is 0 Å². The smallest absolute Gasteiger partial charge is 0.303 e. The van der Waals surface area contributed by atoms with Crippen LogP contribution in [0, 0.1) is 0 Å². The number of carbonyl (C=O) groups is 1. The van der Waals surface area contributed by atoms with Crippen molar-refractivity contribution in [3.05, 3.63) is 46.6 Å². The van der Waals surface area contributed by atoms with Gasteiger partial charge in [-0.1, -0.05) is 0 Å². The number of aromatic hydroxyl groups is 3. The molecule has 1 saturated heterocycles. The van der Waals surface area contributed by atoms with Crippen molar-refractivity contribution < 1.29 is 49.0 Å². The predicted molar refractivity (Wildman–Crippen MR) is 115 cm³/mol. The van der Waals surface area contributed by atoms with Crippen LogP contribution in [-0.2, 0) is 14.3 Å². The van der Waals surface area contributed by atoms with Crippen molar-refractivity contribution in [3.63, 3.8) is 0 Å². The zero-order valence-electron chi connectivity index (χ0n) is 18.0. The van der Waals surface area contributed by atoms with E-state index in [-0.39, 0.29) is 33.8 Å². The first-order valence-electron chi connectivity index (χ1n) is 10.2. The van der Waals surface area contributed by atoms with Crippen LogP contribution in [0.1, 0.15) is 13.8 Å². The van der Waals surface area contributed by atoms with E-state index in [0.29, 0.717) is 0 Å². The first kappa shape index (κ1) is 23.4. The number of benzene rings is 2. The van der Waals surface area contributed by atoms with Gasteiger partial charge in [0.25, 0.3) is 0 Å². The van der Waals surface area contributed by atoms with Gasteiger partial charge in [0.2, 0.25) is 17.5 Å². The Labute approximate surface area is 192 Å². The topological polar surface area (TPSA) is 176 Å². The lowest BCUT2D eigenvalue weighted by Crippen LogP contribution is -2.59. The van der Waals surface area contributed by atoms with Crippen molar-refractivity contribution in [1.29, 1.82) is 0 Å². The van der Waals surface area contributed by atoms with E-state index in [1.165, 1.54) is 31.2 Å². The van der Waals surface area contributed by atoms with Gasteiger partial charge >= 0.3 is 5.97 Å². The highest BCUT2D eigenvalue weighted by Gasteiger charge is 2.46. The van der Waals surface area contributed by atoms with Gasteiger partial charge in [-0.15, -0.1) is 0 Å². The van der Waals surface area contributed by atoms with Gasteiger partial charge in [0.1, 0.15) is 34.3 Å². The fourth-order valence-corrected chi connectivity index (χ4v) is 3.72. The minimum atomic E-state index is -1.69. The first-order chi connectivity index (χ1) is 16.1. The van der Waals surface area contributed by atoms with E-state index in [4.69, 9.17) is 18.6 Å². The molecule has 1 fully saturated rings. The standard InChI is InChI=1S/C23H22O11/c1-9-17(28)21(32-10(2)24)19(30)23(31-9)34-22-18(29)16-14(27)7-13(26)8-15(16)33-20(22)11-3-5-12(25)6-4-11/h3-9,17,19,21,23,25-28,30H,1-2H3/t9-,17-,19+,21+,23-/m0/s1. The summed E-state index contributed by atoms with van der Waals surface area (Å²) in [7, 11) is 0. The van der Waals surface area contributed by atoms with Crippen LogP contribution in [0.2, 0.25) is 0 Å². The van der Waals surface area contributed by atoms with Crippen LogP contribution >= 0.6 is 0 Å². The number of esters is 1. The maximum absolute atomic E-state index is 13.4. The van der Waals surface area contributed by atoms with Gasteiger partial charge in [-0.3, -0.25) is 9.59 Å². The van der Waals surface area contributed by atoms with Crippen molar-refractivity contribution >= 4 is 16.9 Å². The number of aliphatic hydroxyl groups is 2. The zero-order valence-corrected chi connectivity index (χ0v) is 18.0. The van der Waals surface area contributed by atoms with E-state index in [2.05, 4.69) is 0 Å². The van der Waals surface area contributed by atoms with Crippen molar-refractivity contribution in [2.75, 3.05) is 0 Å². The SMILES string of the molecule is CC(=O)O[C@@H]1[C@@H](O)[C@H](C)O[C@@H](Oc2c(-c3ccc(O)cc3)oc3cc(O)cc(O)c3c2=O)[C@@H]1O. The monoisotopic (exact) mass is 474 g/mol. The van der Waals surface area contributed by atoms with E-state index in [1.807, 2.05) is 0 Å². The lowest BCUT2D eigenvalue weighted by atomic mass is 9.99. The third kappa shape index (κ3) is 4.23. The fraction of sp³-hybridized carbons (Fsp3) is 0.304. The molecule has 3 aromatic rings. The lowest BCUT2D eigenvalue weighted by Gasteiger charge is -2.40. The molecule has 34 heavy (non-hydrogen) atoms. The maximum Gasteiger partial charge on any atom is 0.303 e. The molecular formula is C23H22O11. The Morgan fingerprint density at radius 2 is 1.68 bits per heavy atom. The number of fused-ring (bicyclic) bond motifs is 1. The summed E-state index contributed by atoms with van der Waals surface area (Å²) < 4.78 is 22.0. The van der Waals surface area contributed by atoms with Crippen molar-refractivity contribution in [2.45, 2.75) is 44.6 Å². The second-order valence-electron chi connectivity index (χ2n) is 7.86. The van der Waals surface area contributed by atoms with Crippen LogP contribution in [-0.4, -0.2) is 62.2 Å². The van der Waals surface area contributed by atoms with Gasteiger partial charge in [0, 0.05) is 24.6 Å². The molecule has 5 N–H and O–H groups in total. The zero-order chi connectivity index (χ0) is 24.7. The molecule has 0 bridgehead atoms. The second kappa shape index (κ2) is 8.86. The Hall–Kier alpha value is -3.80. The lowest BCUT2D eigenvalue weighted by molar-refractivity contribution is -0.272. The highest BCUT2D eigenvalue weighted by atomic mass is 16.7. The van der Waals surface area contributed by atoms with Crippen LogP contribution in [0.3, 0.4) is 0 Å². The van der Waals surface area contributed by atoms with Crippen molar-refractivity contribution in [1.82, 2.24) is 0 Å². The molecule has 0 unspecified atom stereocenters. The molecule has 1 aromatic heterocycles. The Balaban J connectivity index is 1.86. The highest BCUT2D eigenvalue weighted by molar-refractivity contribution is 5.88. The number of phenols is 3. The van der Waals surface area contributed by atoms with Gasteiger partial charge in [-0.05, 0) is 31.2 Å². The molecule has 0 saturated carbocycles. The molecule has 2 heterocycles. The van der Waals surface area contributed by atoms with E-state index >= 15 is 0 Å². The summed E-state index contributed by atoms with van der Waals surface area (Å²) in [4.78, 5) is 24.8. The quantitative estimate of drug-likeness (QED) is 0.345. The normalized spacial score (nSPS) is 24.6. The summed E-state index contributed by atoms with van der Waals surface area (Å²) in [6, 6.07) is 7.62. The molecule has 11 heteroatoms. The number of carbonyl (C=O) groups excluding carboxylic acids is 1. The molecule has 180 valence electrons. The summed E-state index contributed by atoms with van der Waals surface area (Å²) in [5.41, 5.74) is -0.713. The Morgan fingerprint density at radius 3 is 2.32 bits per heavy atom.